The lowest BCUT2D eigenvalue weighted by Gasteiger charge is -2.20. The van der Waals surface area contributed by atoms with Gasteiger partial charge in [-0.25, -0.2) is 0 Å². The van der Waals surface area contributed by atoms with Crippen LogP contribution in [-0.2, 0) is 0 Å². The number of tetrazole rings is 1. The number of likely N-dealkylation sites (N-methyl/N-ethyl adjacent to an activating group) is 1. The van der Waals surface area contributed by atoms with Crippen LogP contribution in [0, 0.1) is 0 Å². The first-order valence-electron chi connectivity index (χ1n) is 8.19. The molecule has 8 nitrogen and oxygen atoms in total. The summed E-state index contributed by atoms with van der Waals surface area (Å²) in [5.74, 6) is 1.05. The molecule has 1 atom stereocenters. The van der Waals surface area contributed by atoms with E-state index in [2.05, 4.69) is 30.8 Å². The summed E-state index contributed by atoms with van der Waals surface area (Å²) < 4.78 is 0. The van der Waals surface area contributed by atoms with Gasteiger partial charge in [-0.2, -0.15) is 10.3 Å². The molecule has 0 saturated heterocycles. The number of hydrogen-bond donors (Lipinski definition) is 2. The first-order chi connectivity index (χ1) is 11.1. The summed E-state index contributed by atoms with van der Waals surface area (Å²) in [6.07, 6.45) is 6.19. The average molecular weight is 317 g/mol. The molecule has 8 heteroatoms. The maximum Gasteiger partial charge on any atom is 0.274 e. The van der Waals surface area contributed by atoms with Gasteiger partial charge in [0.05, 0.1) is 0 Å². The number of aromatic nitrogens is 6. The van der Waals surface area contributed by atoms with E-state index in [9.17, 15) is 4.79 Å². The van der Waals surface area contributed by atoms with E-state index < -0.39 is 0 Å². The maximum absolute atomic E-state index is 12.5. The van der Waals surface area contributed by atoms with E-state index in [1.165, 1.54) is 32.1 Å². The van der Waals surface area contributed by atoms with Gasteiger partial charge in [0.15, 0.2) is 5.82 Å². The second-order valence-electron chi connectivity index (χ2n) is 6.40. The second kappa shape index (κ2) is 6.89. The Bertz CT molecular complexity index is 630. The molecule has 2 heterocycles. The van der Waals surface area contributed by atoms with Crippen LogP contribution in [0.5, 0.6) is 0 Å². The normalized spacial score (nSPS) is 17.1. The number of carbonyl (C=O) groups excluding carboxylic acids is 1. The minimum absolute atomic E-state index is 0.0134. The van der Waals surface area contributed by atoms with Gasteiger partial charge in [-0.3, -0.25) is 9.89 Å². The Morgan fingerprint density at radius 1 is 1.35 bits per heavy atom. The van der Waals surface area contributed by atoms with Gasteiger partial charge in [-0.15, -0.1) is 10.2 Å². The molecule has 1 unspecified atom stereocenters. The quantitative estimate of drug-likeness (QED) is 0.876. The highest BCUT2D eigenvalue weighted by molar-refractivity contribution is 5.92. The maximum atomic E-state index is 12.5. The molecule has 0 aromatic carbocycles. The van der Waals surface area contributed by atoms with Crippen LogP contribution in [0.4, 0.5) is 0 Å². The summed E-state index contributed by atoms with van der Waals surface area (Å²) in [5, 5.41) is 21.2. The molecule has 1 fully saturated rings. The highest BCUT2D eigenvalue weighted by Crippen LogP contribution is 2.31. The average Bonchev–Trinajstić information content (AvgIpc) is 3.26. The SMILES string of the molecule is CC(CN(C)C(=O)c1cc(C2CCCCC2)[nH]n1)c1nn[nH]n1. The highest BCUT2D eigenvalue weighted by atomic mass is 16.2. The zero-order chi connectivity index (χ0) is 16.2. The van der Waals surface area contributed by atoms with Gasteiger partial charge in [-0.1, -0.05) is 31.4 Å². The molecule has 0 radical (unpaired) electrons. The van der Waals surface area contributed by atoms with Crippen molar-refractivity contribution in [1.82, 2.24) is 35.7 Å². The molecule has 1 aliphatic carbocycles. The highest BCUT2D eigenvalue weighted by Gasteiger charge is 2.23. The molecule has 3 rings (SSSR count). The molecule has 2 aromatic rings. The summed E-state index contributed by atoms with van der Waals surface area (Å²) >= 11 is 0. The lowest BCUT2D eigenvalue weighted by Crippen LogP contribution is -2.31. The third kappa shape index (κ3) is 3.57. The molecular formula is C15H23N7O. The Kier molecular flexibility index (Phi) is 4.68. The van der Waals surface area contributed by atoms with Crippen molar-refractivity contribution in [1.29, 1.82) is 0 Å². The summed E-state index contributed by atoms with van der Waals surface area (Å²) in [4.78, 5) is 14.2. The lowest BCUT2D eigenvalue weighted by molar-refractivity contribution is 0.0781. The van der Waals surface area contributed by atoms with Crippen molar-refractivity contribution in [2.75, 3.05) is 13.6 Å². The van der Waals surface area contributed by atoms with Crippen molar-refractivity contribution in [3.8, 4) is 0 Å². The van der Waals surface area contributed by atoms with Crippen molar-refractivity contribution < 1.29 is 4.79 Å². The summed E-state index contributed by atoms with van der Waals surface area (Å²) in [6, 6.07) is 1.91. The third-order valence-electron chi connectivity index (χ3n) is 4.56. The van der Waals surface area contributed by atoms with Gasteiger partial charge in [0, 0.05) is 31.1 Å². The summed E-state index contributed by atoms with van der Waals surface area (Å²) in [7, 11) is 1.77. The van der Waals surface area contributed by atoms with Crippen LogP contribution in [0.15, 0.2) is 6.07 Å². The molecule has 1 aliphatic rings. The second-order valence-corrected chi connectivity index (χ2v) is 6.40. The number of aromatic amines is 2. The molecule has 0 spiro atoms. The fourth-order valence-corrected chi connectivity index (χ4v) is 3.22. The molecule has 0 aliphatic heterocycles. The predicted octanol–water partition coefficient (Wildman–Crippen LogP) is 1.85. The Labute approximate surface area is 135 Å². The molecule has 2 aromatic heterocycles. The number of carbonyl (C=O) groups is 1. The Balaban J connectivity index is 1.62. The smallest absolute Gasteiger partial charge is 0.274 e. The van der Waals surface area contributed by atoms with Gasteiger partial charge in [0.2, 0.25) is 0 Å². The Morgan fingerprint density at radius 3 is 2.83 bits per heavy atom. The Hall–Kier alpha value is -2.25. The van der Waals surface area contributed by atoms with Crippen LogP contribution in [0.25, 0.3) is 0 Å². The van der Waals surface area contributed by atoms with E-state index in [1.54, 1.807) is 11.9 Å². The fourth-order valence-electron chi connectivity index (χ4n) is 3.22. The van der Waals surface area contributed by atoms with E-state index >= 15 is 0 Å². The molecule has 23 heavy (non-hydrogen) atoms. The Morgan fingerprint density at radius 2 is 2.13 bits per heavy atom. The number of hydrogen-bond acceptors (Lipinski definition) is 5. The van der Waals surface area contributed by atoms with Crippen molar-refractivity contribution in [2.45, 2.75) is 50.9 Å². The van der Waals surface area contributed by atoms with Crippen LogP contribution in [0.2, 0.25) is 0 Å². The lowest BCUT2D eigenvalue weighted by atomic mass is 9.87. The fraction of sp³-hybridized carbons (Fsp3) is 0.667. The van der Waals surface area contributed by atoms with E-state index in [1.807, 2.05) is 13.0 Å². The van der Waals surface area contributed by atoms with E-state index in [4.69, 9.17) is 0 Å². The van der Waals surface area contributed by atoms with Crippen LogP contribution in [0.1, 0.15) is 72.9 Å². The number of nitrogens with zero attached hydrogens (tertiary/aromatic N) is 5. The number of nitrogens with one attached hydrogen (secondary N) is 2. The molecular weight excluding hydrogens is 294 g/mol. The summed E-state index contributed by atoms with van der Waals surface area (Å²) in [6.45, 7) is 2.48. The minimum atomic E-state index is -0.0846. The monoisotopic (exact) mass is 317 g/mol. The number of amides is 1. The van der Waals surface area contributed by atoms with Gasteiger partial charge in [0.1, 0.15) is 5.69 Å². The van der Waals surface area contributed by atoms with Crippen molar-refractivity contribution in [3.05, 3.63) is 23.3 Å². The van der Waals surface area contributed by atoms with Crippen molar-refractivity contribution in [2.24, 2.45) is 0 Å². The predicted molar refractivity (Wildman–Crippen MR) is 84.0 cm³/mol. The number of H-pyrrole nitrogens is 2. The minimum Gasteiger partial charge on any atom is -0.340 e. The van der Waals surface area contributed by atoms with Crippen LogP contribution < -0.4 is 0 Å². The summed E-state index contributed by atoms with van der Waals surface area (Å²) in [5.41, 5.74) is 1.57. The van der Waals surface area contributed by atoms with E-state index in [0.29, 0.717) is 24.0 Å². The van der Waals surface area contributed by atoms with Gasteiger partial charge in [-0.05, 0) is 18.9 Å². The zero-order valence-corrected chi connectivity index (χ0v) is 13.6. The van der Waals surface area contributed by atoms with Crippen molar-refractivity contribution >= 4 is 5.91 Å². The van der Waals surface area contributed by atoms with Gasteiger partial charge < -0.3 is 4.90 Å². The molecule has 1 amide bonds. The standard InChI is InChI=1S/C15H23N7O/c1-10(14-18-20-21-19-14)9-22(2)15(23)13-8-12(16-17-13)11-6-4-3-5-7-11/h8,10-11H,3-7,9H2,1-2H3,(H,16,17)(H,18,19,20,21). The van der Waals surface area contributed by atoms with Gasteiger partial charge in [0.25, 0.3) is 5.91 Å². The van der Waals surface area contributed by atoms with Crippen LogP contribution >= 0.6 is 0 Å². The molecule has 1 saturated carbocycles. The van der Waals surface area contributed by atoms with Crippen LogP contribution in [-0.4, -0.2) is 55.2 Å². The third-order valence-corrected chi connectivity index (χ3v) is 4.56. The first-order valence-corrected chi connectivity index (χ1v) is 8.19. The van der Waals surface area contributed by atoms with Crippen molar-refractivity contribution in [3.63, 3.8) is 0 Å². The van der Waals surface area contributed by atoms with E-state index in [0.717, 1.165) is 5.69 Å². The van der Waals surface area contributed by atoms with Crippen LogP contribution in [0.3, 0.4) is 0 Å². The molecule has 124 valence electrons. The van der Waals surface area contributed by atoms with E-state index in [-0.39, 0.29) is 11.8 Å². The number of rotatable bonds is 5. The van der Waals surface area contributed by atoms with Gasteiger partial charge >= 0.3 is 0 Å². The zero-order valence-electron chi connectivity index (χ0n) is 13.6. The first kappa shape index (κ1) is 15.6. The topological polar surface area (TPSA) is 103 Å². The largest absolute Gasteiger partial charge is 0.340 e. The molecule has 2 N–H and O–H groups in total. The molecule has 0 bridgehead atoms.